The van der Waals surface area contributed by atoms with Crippen molar-refractivity contribution in [2.75, 3.05) is 0 Å². The van der Waals surface area contributed by atoms with E-state index in [-0.39, 0.29) is 14.9 Å². The second-order valence-corrected chi connectivity index (χ2v) is 7.54. The summed E-state index contributed by atoms with van der Waals surface area (Å²) in [5.74, 6) is 0. The molecular formula is C13H17ClN2O2S2. The number of halogens is 1. The van der Waals surface area contributed by atoms with Gasteiger partial charge in [-0.05, 0) is 25.0 Å². The van der Waals surface area contributed by atoms with Crippen LogP contribution in [0.15, 0.2) is 29.2 Å². The minimum Gasteiger partial charge on any atom is -0.392 e. The van der Waals surface area contributed by atoms with E-state index in [1.54, 1.807) is 18.2 Å². The minimum atomic E-state index is -3.74. The van der Waals surface area contributed by atoms with Crippen LogP contribution in [0, 0.1) is 0 Å². The van der Waals surface area contributed by atoms with Crippen molar-refractivity contribution in [1.29, 1.82) is 0 Å². The summed E-state index contributed by atoms with van der Waals surface area (Å²) >= 11 is 11.1. The molecule has 0 saturated heterocycles. The number of sulfonamides is 1. The maximum Gasteiger partial charge on any atom is 0.242 e. The summed E-state index contributed by atoms with van der Waals surface area (Å²) in [6.45, 7) is 0. The van der Waals surface area contributed by atoms with Gasteiger partial charge in [-0.3, -0.25) is 0 Å². The molecule has 1 fully saturated rings. The van der Waals surface area contributed by atoms with Gasteiger partial charge >= 0.3 is 0 Å². The lowest BCUT2D eigenvalue weighted by Crippen LogP contribution is -2.57. The van der Waals surface area contributed by atoms with Crippen molar-refractivity contribution >= 4 is 38.8 Å². The Labute approximate surface area is 129 Å². The Hall–Kier alpha value is -0.690. The van der Waals surface area contributed by atoms with Crippen molar-refractivity contribution < 1.29 is 8.42 Å². The highest BCUT2D eigenvalue weighted by Crippen LogP contribution is 2.31. The van der Waals surface area contributed by atoms with Crippen LogP contribution in [0.2, 0.25) is 5.02 Å². The molecule has 0 amide bonds. The molecule has 0 radical (unpaired) electrons. The van der Waals surface area contributed by atoms with Crippen LogP contribution in [0.3, 0.4) is 0 Å². The van der Waals surface area contributed by atoms with Crippen LogP contribution in [0.25, 0.3) is 0 Å². The number of rotatable bonds is 4. The van der Waals surface area contributed by atoms with E-state index >= 15 is 0 Å². The van der Waals surface area contributed by atoms with Crippen molar-refractivity contribution in [3.05, 3.63) is 29.3 Å². The Morgan fingerprint density at radius 1 is 1.25 bits per heavy atom. The zero-order valence-electron chi connectivity index (χ0n) is 10.9. The SMILES string of the molecule is NC(=S)C1(NS(=O)(=O)c2ccccc2Cl)CCCCC1. The van der Waals surface area contributed by atoms with Crippen LogP contribution in [0.4, 0.5) is 0 Å². The lowest BCUT2D eigenvalue weighted by molar-refractivity contribution is 0.353. The number of hydrogen-bond acceptors (Lipinski definition) is 3. The molecule has 0 bridgehead atoms. The van der Waals surface area contributed by atoms with Gasteiger partial charge in [0.15, 0.2) is 0 Å². The number of benzene rings is 1. The van der Waals surface area contributed by atoms with E-state index in [4.69, 9.17) is 29.6 Å². The fourth-order valence-electron chi connectivity index (χ4n) is 2.53. The molecular weight excluding hydrogens is 316 g/mol. The second kappa shape index (κ2) is 5.97. The van der Waals surface area contributed by atoms with E-state index in [0.717, 1.165) is 19.3 Å². The summed E-state index contributed by atoms with van der Waals surface area (Å²) in [6.07, 6.45) is 4.14. The van der Waals surface area contributed by atoms with E-state index in [0.29, 0.717) is 12.8 Å². The van der Waals surface area contributed by atoms with Crippen LogP contribution in [-0.2, 0) is 10.0 Å². The lowest BCUT2D eigenvalue weighted by atomic mass is 9.82. The van der Waals surface area contributed by atoms with Crippen molar-refractivity contribution in [3.63, 3.8) is 0 Å². The molecule has 0 spiro atoms. The maximum absolute atomic E-state index is 12.5. The van der Waals surface area contributed by atoms with Crippen LogP contribution < -0.4 is 10.5 Å². The van der Waals surface area contributed by atoms with Gasteiger partial charge in [-0.1, -0.05) is 55.2 Å². The van der Waals surface area contributed by atoms with E-state index < -0.39 is 15.6 Å². The monoisotopic (exact) mass is 332 g/mol. The summed E-state index contributed by atoms with van der Waals surface area (Å²) in [4.78, 5) is 0.260. The third-order valence-electron chi connectivity index (χ3n) is 3.63. The van der Waals surface area contributed by atoms with E-state index in [1.807, 2.05) is 0 Å². The lowest BCUT2D eigenvalue weighted by Gasteiger charge is -2.36. The molecule has 0 heterocycles. The van der Waals surface area contributed by atoms with Crippen molar-refractivity contribution in [2.45, 2.75) is 42.5 Å². The third-order valence-corrected chi connectivity index (χ3v) is 6.06. The summed E-state index contributed by atoms with van der Waals surface area (Å²) in [5, 5.41) is 0.189. The molecule has 0 aliphatic heterocycles. The molecule has 2 rings (SSSR count). The highest BCUT2D eigenvalue weighted by Gasteiger charge is 2.39. The second-order valence-electron chi connectivity index (χ2n) is 5.04. The highest BCUT2D eigenvalue weighted by molar-refractivity contribution is 7.89. The zero-order chi connectivity index (χ0) is 14.8. The summed E-state index contributed by atoms with van der Waals surface area (Å²) < 4.78 is 27.7. The van der Waals surface area contributed by atoms with E-state index in [9.17, 15) is 8.42 Å². The standard InChI is InChI=1S/C13H17ClN2O2S2/c14-10-6-2-3-7-11(10)20(17,18)16-13(12(15)19)8-4-1-5-9-13/h2-3,6-7,16H,1,4-5,8-9H2,(H2,15,19). The van der Waals surface area contributed by atoms with Gasteiger partial charge in [0.05, 0.1) is 15.6 Å². The maximum atomic E-state index is 12.5. The quantitative estimate of drug-likeness (QED) is 0.831. The number of thiocarbonyl (C=S) groups is 1. The van der Waals surface area contributed by atoms with Gasteiger partial charge in [0, 0.05) is 0 Å². The molecule has 1 aliphatic carbocycles. The first kappa shape index (κ1) is 15.7. The first-order valence-corrected chi connectivity index (χ1v) is 8.73. The molecule has 110 valence electrons. The minimum absolute atomic E-state index is 0.0582. The summed E-state index contributed by atoms with van der Waals surface area (Å²) in [7, 11) is -3.74. The van der Waals surface area contributed by atoms with E-state index in [1.165, 1.54) is 6.07 Å². The van der Waals surface area contributed by atoms with Crippen LogP contribution in [0.5, 0.6) is 0 Å². The van der Waals surface area contributed by atoms with Crippen molar-refractivity contribution in [2.24, 2.45) is 5.73 Å². The first-order valence-electron chi connectivity index (χ1n) is 6.46. The topological polar surface area (TPSA) is 72.2 Å². The Bertz CT molecular complexity index is 611. The Balaban J connectivity index is 2.35. The number of nitrogens with two attached hydrogens (primary N) is 1. The predicted octanol–water partition coefficient (Wildman–Crippen LogP) is 2.61. The molecule has 3 N–H and O–H groups in total. The van der Waals surface area contributed by atoms with Gasteiger partial charge in [0.25, 0.3) is 0 Å². The molecule has 0 atom stereocenters. The molecule has 1 aromatic carbocycles. The number of nitrogens with one attached hydrogen (secondary N) is 1. The molecule has 0 aromatic heterocycles. The van der Waals surface area contributed by atoms with Crippen molar-refractivity contribution in [1.82, 2.24) is 4.72 Å². The Morgan fingerprint density at radius 3 is 2.40 bits per heavy atom. The zero-order valence-corrected chi connectivity index (χ0v) is 13.3. The van der Waals surface area contributed by atoms with Crippen LogP contribution in [-0.4, -0.2) is 18.9 Å². The molecule has 0 unspecified atom stereocenters. The fourth-order valence-corrected chi connectivity index (χ4v) is 4.81. The smallest absolute Gasteiger partial charge is 0.242 e. The van der Waals surface area contributed by atoms with Crippen molar-refractivity contribution in [3.8, 4) is 0 Å². The molecule has 1 saturated carbocycles. The Morgan fingerprint density at radius 2 is 1.85 bits per heavy atom. The fraction of sp³-hybridized carbons (Fsp3) is 0.462. The molecule has 4 nitrogen and oxygen atoms in total. The largest absolute Gasteiger partial charge is 0.392 e. The highest BCUT2D eigenvalue weighted by atomic mass is 35.5. The molecule has 20 heavy (non-hydrogen) atoms. The summed E-state index contributed by atoms with van der Waals surface area (Å²) in [5.41, 5.74) is 4.97. The van der Waals surface area contributed by atoms with Gasteiger partial charge in [-0.25, -0.2) is 8.42 Å². The molecule has 7 heteroatoms. The predicted molar refractivity (Wildman–Crippen MR) is 84.4 cm³/mol. The van der Waals surface area contributed by atoms with E-state index in [2.05, 4.69) is 4.72 Å². The third kappa shape index (κ3) is 3.14. The van der Waals surface area contributed by atoms with Gasteiger partial charge in [-0.15, -0.1) is 0 Å². The molecule has 1 aliphatic rings. The average Bonchev–Trinajstić information content (AvgIpc) is 2.39. The number of hydrogen-bond donors (Lipinski definition) is 2. The van der Waals surface area contributed by atoms with Gasteiger partial charge in [-0.2, -0.15) is 4.72 Å². The van der Waals surface area contributed by atoms with Crippen LogP contribution in [0.1, 0.15) is 32.1 Å². The van der Waals surface area contributed by atoms with Gasteiger partial charge in [0.2, 0.25) is 10.0 Å². The van der Waals surface area contributed by atoms with Gasteiger partial charge in [0.1, 0.15) is 4.90 Å². The van der Waals surface area contributed by atoms with Crippen LogP contribution >= 0.6 is 23.8 Å². The normalized spacial score (nSPS) is 18.6. The molecule has 1 aromatic rings. The summed E-state index contributed by atoms with van der Waals surface area (Å²) in [6, 6.07) is 6.34. The Kier molecular flexibility index (Phi) is 4.69. The van der Waals surface area contributed by atoms with Gasteiger partial charge < -0.3 is 5.73 Å². The average molecular weight is 333 g/mol. The first-order chi connectivity index (χ1) is 9.37.